The average Bonchev–Trinajstić information content (AvgIpc) is 3.20. The fourth-order valence-corrected chi connectivity index (χ4v) is 4.70. The van der Waals surface area contributed by atoms with Crippen LogP contribution < -0.4 is 5.56 Å². The van der Waals surface area contributed by atoms with Crippen LogP contribution in [0.15, 0.2) is 76.4 Å². The first-order chi connectivity index (χ1) is 17.2. The summed E-state index contributed by atoms with van der Waals surface area (Å²) < 4.78 is 3.33. The molecular formula is C28H26N6O. The fraction of sp³-hybridized carbons (Fsp3) is 0.250. The molecule has 0 fully saturated rings. The highest BCUT2D eigenvalue weighted by atomic mass is 16.1. The molecule has 0 saturated heterocycles. The molecule has 7 heteroatoms. The molecule has 0 saturated carbocycles. The van der Waals surface area contributed by atoms with Crippen LogP contribution in [0.3, 0.4) is 0 Å². The van der Waals surface area contributed by atoms with Gasteiger partial charge in [-0.2, -0.15) is 9.78 Å². The second-order valence-corrected chi connectivity index (χ2v) is 9.15. The maximum atomic E-state index is 13.6. The summed E-state index contributed by atoms with van der Waals surface area (Å²) in [4.78, 5) is 28.0. The summed E-state index contributed by atoms with van der Waals surface area (Å²) in [7, 11) is 0. The number of rotatable bonds is 5. The summed E-state index contributed by atoms with van der Waals surface area (Å²) in [6.07, 6.45) is 11.3. The van der Waals surface area contributed by atoms with Gasteiger partial charge in [-0.15, -0.1) is 0 Å². The minimum absolute atomic E-state index is 0.106. The Morgan fingerprint density at radius 2 is 1.80 bits per heavy atom. The largest absolute Gasteiger partial charge is 0.298 e. The first-order valence-corrected chi connectivity index (χ1v) is 12.1. The summed E-state index contributed by atoms with van der Waals surface area (Å²) in [5.74, 6) is 0. The maximum Gasteiger partial charge on any atom is 0.265 e. The van der Waals surface area contributed by atoms with Gasteiger partial charge in [0.05, 0.1) is 23.6 Å². The third-order valence-electron chi connectivity index (χ3n) is 6.67. The zero-order valence-corrected chi connectivity index (χ0v) is 19.7. The lowest BCUT2D eigenvalue weighted by atomic mass is 9.97. The van der Waals surface area contributed by atoms with Crippen molar-refractivity contribution in [1.29, 1.82) is 0 Å². The molecule has 5 aromatic rings. The quantitative estimate of drug-likeness (QED) is 0.260. The van der Waals surface area contributed by atoms with Crippen LogP contribution in [-0.2, 0) is 6.54 Å². The molecule has 7 nitrogen and oxygen atoms in total. The first kappa shape index (κ1) is 21.4. The molecule has 3 heterocycles. The zero-order valence-electron chi connectivity index (χ0n) is 19.7. The van der Waals surface area contributed by atoms with Gasteiger partial charge < -0.3 is 0 Å². The SMILES string of the molecule is Cc1ccc(/C=N\n2c3nc4ccccc4nc3c3c(=O)n(CCC4=CCCCC4)cnc32)cc1. The predicted molar refractivity (Wildman–Crippen MR) is 140 cm³/mol. The van der Waals surface area contributed by atoms with E-state index in [0.29, 0.717) is 28.7 Å². The van der Waals surface area contributed by atoms with Gasteiger partial charge in [0.2, 0.25) is 0 Å². The van der Waals surface area contributed by atoms with Gasteiger partial charge in [0.15, 0.2) is 11.3 Å². The summed E-state index contributed by atoms with van der Waals surface area (Å²) in [5, 5.41) is 5.15. The molecule has 0 atom stereocenters. The second-order valence-electron chi connectivity index (χ2n) is 9.15. The highest BCUT2D eigenvalue weighted by molar-refractivity contribution is 6.04. The van der Waals surface area contributed by atoms with E-state index in [9.17, 15) is 4.79 Å². The smallest absolute Gasteiger partial charge is 0.265 e. The van der Waals surface area contributed by atoms with Gasteiger partial charge in [0.25, 0.3) is 5.56 Å². The Kier molecular flexibility index (Phi) is 5.45. The third-order valence-corrected chi connectivity index (χ3v) is 6.67. The zero-order chi connectivity index (χ0) is 23.8. The van der Waals surface area contributed by atoms with Crippen molar-refractivity contribution in [3.05, 3.63) is 88.0 Å². The van der Waals surface area contributed by atoms with E-state index in [-0.39, 0.29) is 5.56 Å². The molecule has 0 amide bonds. The van der Waals surface area contributed by atoms with Crippen molar-refractivity contribution in [3.8, 4) is 0 Å². The van der Waals surface area contributed by atoms with Crippen LogP contribution in [0.4, 0.5) is 0 Å². The second kappa shape index (κ2) is 8.91. The summed E-state index contributed by atoms with van der Waals surface area (Å²) in [5.41, 5.74) is 6.48. The number of para-hydroxylation sites is 2. The van der Waals surface area contributed by atoms with E-state index in [0.717, 1.165) is 35.9 Å². The Labute approximate surface area is 202 Å². The average molecular weight is 463 g/mol. The van der Waals surface area contributed by atoms with Crippen LogP contribution >= 0.6 is 0 Å². The number of allylic oxidation sites excluding steroid dienone is 2. The van der Waals surface area contributed by atoms with Gasteiger partial charge in [-0.05, 0) is 56.7 Å². The molecule has 1 aliphatic rings. The van der Waals surface area contributed by atoms with Crippen molar-refractivity contribution >= 4 is 39.4 Å². The molecule has 0 aliphatic heterocycles. The van der Waals surface area contributed by atoms with Crippen LogP contribution in [0.5, 0.6) is 0 Å². The van der Waals surface area contributed by atoms with E-state index in [1.54, 1.807) is 21.8 Å². The molecule has 35 heavy (non-hydrogen) atoms. The third kappa shape index (κ3) is 4.03. The van der Waals surface area contributed by atoms with Crippen molar-refractivity contribution in [3.63, 3.8) is 0 Å². The molecule has 0 unspecified atom stereocenters. The van der Waals surface area contributed by atoms with Gasteiger partial charge in [0, 0.05) is 6.54 Å². The van der Waals surface area contributed by atoms with Crippen molar-refractivity contribution in [2.45, 2.75) is 45.6 Å². The minimum atomic E-state index is -0.106. The number of nitrogens with zero attached hydrogens (tertiary/aromatic N) is 6. The number of benzene rings is 2. The molecular weight excluding hydrogens is 436 g/mol. The van der Waals surface area contributed by atoms with E-state index in [1.165, 1.54) is 24.0 Å². The molecule has 174 valence electrons. The molecule has 0 spiro atoms. The summed E-state index contributed by atoms with van der Waals surface area (Å²) in [6.45, 7) is 2.66. The Morgan fingerprint density at radius 3 is 2.57 bits per heavy atom. The first-order valence-electron chi connectivity index (χ1n) is 12.1. The van der Waals surface area contributed by atoms with E-state index >= 15 is 0 Å². The molecule has 2 aromatic carbocycles. The Morgan fingerprint density at radius 1 is 1.00 bits per heavy atom. The highest BCUT2D eigenvalue weighted by Crippen LogP contribution is 2.25. The minimum Gasteiger partial charge on any atom is -0.298 e. The number of aromatic nitrogens is 5. The van der Waals surface area contributed by atoms with E-state index in [4.69, 9.17) is 9.97 Å². The Balaban J connectivity index is 1.51. The summed E-state index contributed by atoms with van der Waals surface area (Å²) >= 11 is 0. The van der Waals surface area contributed by atoms with Gasteiger partial charge in [-0.25, -0.2) is 15.0 Å². The normalized spacial score (nSPS) is 14.4. The van der Waals surface area contributed by atoms with Gasteiger partial charge in [-0.1, -0.05) is 53.6 Å². The van der Waals surface area contributed by atoms with E-state index in [1.807, 2.05) is 55.5 Å². The standard InChI is InChI=1S/C28H26N6O/c1-19-11-13-21(14-12-19)17-30-34-26-24(25-27(34)32-23-10-6-5-9-22(23)31-25)28(35)33(18-29-26)16-15-20-7-3-2-4-8-20/h5-7,9-14,17-18H,2-4,8,15-16H2,1H3/b30-17-. The van der Waals surface area contributed by atoms with Crippen LogP contribution in [0.1, 0.15) is 43.2 Å². The lowest BCUT2D eigenvalue weighted by molar-refractivity contribution is 0.610. The van der Waals surface area contributed by atoms with Crippen molar-refractivity contribution in [1.82, 2.24) is 24.2 Å². The lowest BCUT2D eigenvalue weighted by Gasteiger charge is -2.13. The molecule has 0 N–H and O–H groups in total. The van der Waals surface area contributed by atoms with Crippen molar-refractivity contribution in [2.75, 3.05) is 0 Å². The van der Waals surface area contributed by atoms with Crippen molar-refractivity contribution in [2.24, 2.45) is 5.10 Å². The lowest BCUT2D eigenvalue weighted by Crippen LogP contribution is -2.21. The summed E-state index contributed by atoms with van der Waals surface area (Å²) in [6, 6.07) is 15.8. The van der Waals surface area contributed by atoms with E-state index in [2.05, 4.69) is 16.2 Å². The van der Waals surface area contributed by atoms with Crippen LogP contribution in [0.25, 0.3) is 33.2 Å². The number of aryl methyl sites for hydroxylation is 2. The monoisotopic (exact) mass is 462 g/mol. The van der Waals surface area contributed by atoms with Crippen LogP contribution in [-0.4, -0.2) is 30.4 Å². The molecule has 3 aromatic heterocycles. The molecule has 0 radical (unpaired) electrons. The Hall–Kier alpha value is -4.13. The number of fused-ring (bicyclic) bond motifs is 4. The van der Waals surface area contributed by atoms with Gasteiger partial charge in [-0.3, -0.25) is 9.36 Å². The van der Waals surface area contributed by atoms with E-state index < -0.39 is 0 Å². The Bertz CT molecular complexity index is 1670. The van der Waals surface area contributed by atoms with Crippen molar-refractivity contribution < 1.29 is 0 Å². The molecule has 0 bridgehead atoms. The van der Waals surface area contributed by atoms with Gasteiger partial charge >= 0.3 is 0 Å². The number of hydrogen-bond donors (Lipinski definition) is 0. The molecule has 6 rings (SSSR count). The van der Waals surface area contributed by atoms with Crippen LogP contribution in [0.2, 0.25) is 0 Å². The topological polar surface area (TPSA) is 78.0 Å². The fourth-order valence-electron chi connectivity index (χ4n) is 4.70. The van der Waals surface area contributed by atoms with Crippen LogP contribution in [0, 0.1) is 6.92 Å². The predicted octanol–water partition coefficient (Wildman–Crippen LogP) is 5.38. The molecule has 1 aliphatic carbocycles. The highest BCUT2D eigenvalue weighted by Gasteiger charge is 2.20. The van der Waals surface area contributed by atoms with Gasteiger partial charge in [0.1, 0.15) is 10.9 Å². The maximum absolute atomic E-state index is 13.6. The number of hydrogen-bond acceptors (Lipinski definition) is 5.